The Hall–Kier alpha value is 0.160. The minimum absolute atomic E-state index is 0.845. The zero-order valence-corrected chi connectivity index (χ0v) is 8.73. The van der Waals surface area contributed by atoms with Crippen LogP contribution in [0.1, 0.15) is 11.4 Å². The quantitative estimate of drug-likeness (QED) is 0.577. The van der Waals surface area contributed by atoms with E-state index in [-0.39, 0.29) is 0 Å². The van der Waals surface area contributed by atoms with Gasteiger partial charge in [0.15, 0.2) is 5.16 Å². The van der Waals surface area contributed by atoms with Crippen LogP contribution in [0.3, 0.4) is 0 Å². The fourth-order valence-electron chi connectivity index (χ4n) is 0.728. The molecular formula is C6H7IN2S. The zero-order chi connectivity index (χ0) is 7.56. The van der Waals surface area contributed by atoms with Crippen molar-refractivity contribution in [3.63, 3.8) is 0 Å². The number of halogens is 1. The van der Waals surface area contributed by atoms with Crippen LogP contribution in [0.2, 0.25) is 0 Å². The molecule has 0 saturated heterocycles. The van der Waals surface area contributed by atoms with E-state index < -0.39 is 0 Å². The maximum absolute atomic E-state index is 4.20. The first-order valence-electron chi connectivity index (χ1n) is 2.83. The van der Waals surface area contributed by atoms with Gasteiger partial charge in [-0.15, -0.1) is 0 Å². The van der Waals surface area contributed by atoms with Crippen molar-refractivity contribution in [2.45, 2.75) is 19.0 Å². The third-order valence-electron chi connectivity index (χ3n) is 1.03. The van der Waals surface area contributed by atoms with E-state index in [2.05, 4.69) is 31.2 Å². The summed E-state index contributed by atoms with van der Waals surface area (Å²) in [5, 5.41) is 0.845. The Bertz CT molecular complexity index is 219. The van der Waals surface area contributed by atoms with Gasteiger partial charge >= 0.3 is 0 Å². The zero-order valence-electron chi connectivity index (χ0n) is 5.76. The van der Waals surface area contributed by atoms with Gasteiger partial charge in [0, 0.05) is 32.6 Å². The van der Waals surface area contributed by atoms with E-state index in [0.29, 0.717) is 0 Å². The van der Waals surface area contributed by atoms with Crippen molar-refractivity contribution in [1.29, 1.82) is 0 Å². The van der Waals surface area contributed by atoms with Crippen LogP contribution in [0.4, 0.5) is 0 Å². The number of hydrogen-bond donors (Lipinski definition) is 0. The first-order valence-corrected chi connectivity index (χ1v) is 6.19. The molecule has 0 aromatic carbocycles. The van der Waals surface area contributed by atoms with Crippen LogP contribution in [0.25, 0.3) is 0 Å². The molecule has 0 spiro atoms. The summed E-state index contributed by atoms with van der Waals surface area (Å²) in [7, 11) is 1.54. The van der Waals surface area contributed by atoms with E-state index in [1.54, 1.807) is 8.93 Å². The minimum atomic E-state index is 0.845. The molecule has 10 heavy (non-hydrogen) atoms. The minimum Gasteiger partial charge on any atom is -0.227 e. The first-order chi connectivity index (χ1) is 4.72. The number of hydrogen-bond acceptors (Lipinski definition) is 3. The second-order valence-corrected chi connectivity index (χ2v) is 3.85. The number of aryl methyl sites for hydroxylation is 2. The smallest absolute Gasteiger partial charge is 0.198 e. The molecule has 0 radical (unpaired) electrons. The van der Waals surface area contributed by atoms with Gasteiger partial charge in [0.05, 0.1) is 0 Å². The molecule has 0 unspecified atom stereocenters. The molecular weight excluding hydrogens is 259 g/mol. The van der Waals surface area contributed by atoms with Crippen molar-refractivity contribution in [2.24, 2.45) is 0 Å². The molecule has 54 valence electrons. The van der Waals surface area contributed by atoms with E-state index in [0.717, 1.165) is 16.5 Å². The monoisotopic (exact) mass is 266 g/mol. The molecule has 0 N–H and O–H groups in total. The largest absolute Gasteiger partial charge is 0.227 e. The van der Waals surface area contributed by atoms with Gasteiger partial charge in [-0.25, -0.2) is 9.97 Å². The second kappa shape index (κ2) is 3.52. The lowest BCUT2D eigenvalue weighted by atomic mass is 10.4. The molecule has 0 aliphatic rings. The van der Waals surface area contributed by atoms with Crippen molar-refractivity contribution in [3.05, 3.63) is 17.5 Å². The standard InChI is InChI=1S/C6H7IN2S/c1-4-3-5(2)9-6(8-4)10-7/h3H,1-2H3. The summed E-state index contributed by atoms with van der Waals surface area (Å²) < 4.78 is 0. The van der Waals surface area contributed by atoms with Crippen molar-refractivity contribution in [1.82, 2.24) is 9.97 Å². The molecule has 0 bridgehead atoms. The highest BCUT2D eigenvalue weighted by molar-refractivity contribution is 14.2. The molecule has 0 atom stereocenters. The van der Waals surface area contributed by atoms with Crippen LogP contribution in [0.5, 0.6) is 0 Å². The summed E-state index contributed by atoms with van der Waals surface area (Å²) in [5.41, 5.74) is 2.07. The van der Waals surface area contributed by atoms with Crippen LogP contribution in [0, 0.1) is 13.8 Å². The van der Waals surface area contributed by atoms with Crippen molar-refractivity contribution < 1.29 is 0 Å². The third kappa shape index (κ3) is 2.09. The van der Waals surface area contributed by atoms with Gasteiger partial charge in [-0.2, -0.15) is 0 Å². The summed E-state index contributed by atoms with van der Waals surface area (Å²) in [5.74, 6) is 0. The fraction of sp³-hybridized carbons (Fsp3) is 0.333. The predicted molar refractivity (Wildman–Crippen MR) is 51.4 cm³/mol. The summed E-state index contributed by atoms with van der Waals surface area (Å²) >= 11 is 2.18. The Kier molecular flexibility index (Phi) is 2.91. The van der Waals surface area contributed by atoms with Crippen LogP contribution in [-0.4, -0.2) is 9.97 Å². The highest BCUT2D eigenvalue weighted by Gasteiger charge is 1.96. The van der Waals surface area contributed by atoms with Gasteiger partial charge in [0.25, 0.3) is 0 Å². The normalized spacial score (nSPS) is 9.90. The predicted octanol–water partition coefficient (Wildman–Crippen LogP) is 2.54. The van der Waals surface area contributed by atoms with Gasteiger partial charge < -0.3 is 0 Å². The second-order valence-electron chi connectivity index (χ2n) is 2.01. The molecule has 1 rings (SSSR count). The highest BCUT2D eigenvalue weighted by atomic mass is 127. The molecule has 0 aliphatic heterocycles. The van der Waals surface area contributed by atoms with Gasteiger partial charge in [0.1, 0.15) is 0 Å². The Morgan fingerprint density at radius 1 is 1.30 bits per heavy atom. The third-order valence-corrected chi connectivity index (χ3v) is 2.53. The Balaban J connectivity index is 3.06. The van der Waals surface area contributed by atoms with E-state index in [1.165, 1.54) is 0 Å². The fourth-order valence-corrected chi connectivity index (χ4v) is 1.68. The molecule has 0 amide bonds. The average molecular weight is 266 g/mol. The topological polar surface area (TPSA) is 25.8 Å². The molecule has 0 fully saturated rings. The number of rotatable bonds is 1. The van der Waals surface area contributed by atoms with Gasteiger partial charge in [0.2, 0.25) is 0 Å². The average Bonchev–Trinajstić information content (AvgIpc) is 1.85. The summed E-state index contributed by atoms with van der Waals surface area (Å²) in [6.45, 7) is 3.95. The van der Waals surface area contributed by atoms with Crippen LogP contribution in [0.15, 0.2) is 11.2 Å². The Morgan fingerprint density at radius 3 is 2.20 bits per heavy atom. The van der Waals surface area contributed by atoms with Crippen molar-refractivity contribution in [3.8, 4) is 0 Å². The van der Waals surface area contributed by atoms with E-state index >= 15 is 0 Å². The lowest BCUT2D eigenvalue weighted by Gasteiger charge is -1.96. The molecule has 1 heterocycles. The maximum atomic E-state index is 4.20. The lowest BCUT2D eigenvalue weighted by molar-refractivity contribution is 0.907. The summed E-state index contributed by atoms with van der Waals surface area (Å²) in [6.07, 6.45) is 0. The summed E-state index contributed by atoms with van der Waals surface area (Å²) in [6, 6.07) is 1.97. The van der Waals surface area contributed by atoms with Gasteiger partial charge in [-0.1, -0.05) is 0 Å². The van der Waals surface area contributed by atoms with Gasteiger partial charge in [-0.05, 0) is 28.8 Å². The number of aromatic nitrogens is 2. The van der Waals surface area contributed by atoms with Gasteiger partial charge in [-0.3, -0.25) is 0 Å². The molecule has 0 aliphatic carbocycles. The van der Waals surface area contributed by atoms with Crippen molar-refractivity contribution in [2.75, 3.05) is 0 Å². The summed E-state index contributed by atoms with van der Waals surface area (Å²) in [4.78, 5) is 8.39. The van der Waals surface area contributed by atoms with E-state index in [1.807, 2.05) is 19.9 Å². The van der Waals surface area contributed by atoms with E-state index in [9.17, 15) is 0 Å². The molecule has 2 nitrogen and oxygen atoms in total. The maximum Gasteiger partial charge on any atom is 0.198 e. The van der Waals surface area contributed by atoms with Crippen molar-refractivity contribution >= 4 is 30.1 Å². The van der Waals surface area contributed by atoms with Crippen LogP contribution >= 0.6 is 30.1 Å². The first kappa shape index (κ1) is 8.26. The van der Waals surface area contributed by atoms with Crippen LogP contribution in [-0.2, 0) is 0 Å². The lowest BCUT2D eigenvalue weighted by Crippen LogP contribution is -1.90. The Morgan fingerprint density at radius 2 is 1.80 bits per heavy atom. The Labute approximate surface area is 76.4 Å². The number of nitrogens with zero attached hydrogens (tertiary/aromatic N) is 2. The van der Waals surface area contributed by atoms with E-state index in [4.69, 9.17) is 0 Å². The SMILES string of the molecule is Cc1cc(C)nc(SI)n1. The molecule has 1 aromatic rings. The molecule has 0 saturated carbocycles. The molecule has 1 aromatic heterocycles. The highest BCUT2D eigenvalue weighted by Crippen LogP contribution is 2.20. The molecule has 4 heteroatoms. The van der Waals surface area contributed by atoms with Crippen LogP contribution < -0.4 is 0 Å².